The zero-order valence-electron chi connectivity index (χ0n) is 18.4. The highest BCUT2D eigenvalue weighted by Gasteiger charge is 2.50. The molecular formula is C25H25NO6. The fraction of sp³-hybridized carbons (Fsp3) is 0.240. The fourth-order valence-electron chi connectivity index (χ4n) is 4.13. The highest BCUT2D eigenvalue weighted by Crippen LogP contribution is 2.52. The molecule has 0 saturated carbocycles. The number of carbonyl (C=O) groups is 1. The van der Waals surface area contributed by atoms with Gasteiger partial charge in [0.15, 0.2) is 11.5 Å². The van der Waals surface area contributed by atoms with Crippen molar-refractivity contribution in [1.82, 2.24) is 0 Å². The van der Waals surface area contributed by atoms with Crippen molar-refractivity contribution in [3.8, 4) is 28.7 Å². The minimum Gasteiger partial charge on any atom is -0.508 e. The third kappa shape index (κ3) is 3.56. The third-order valence-corrected chi connectivity index (χ3v) is 5.73. The average Bonchev–Trinajstić information content (AvgIpc) is 2.83. The van der Waals surface area contributed by atoms with E-state index in [0.29, 0.717) is 22.9 Å². The van der Waals surface area contributed by atoms with Crippen LogP contribution in [0.4, 0.5) is 5.69 Å². The van der Waals surface area contributed by atoms with Crippen molar-refractivity contribution in [2.75, 3.05) is 33.3 Å². The summed E-state index contributed by atoms with van der Waals surface area (Å²) in [5.74, 6) is 1.83. The molecule has 1 amide bonds. The number of hydrogen-bond donors (Lipinski definition) is 1. The number of rotatable bonds is 7. The Balaban J connectivity index is 1.81. The van der Waals surface area contributed by atoms with Gasteiger partial charge in [0.1, 0.15) is 11.5 Å². The first-order valence-electron chi connectivity index (χ1n) is 10.1. The summed E-state index contributed by atoms with van der Waals surface area (Å²) in [6.07, 6.45) is 0. The Morgan fingerprint density at radius 3 is 1.81 bits per heavy atom. The van der Waals surface area contributed by atoms with Crippen molar-refractivity contribution in [2.45, 2.75) is 12.0 Å². The number of carbonyl (C=O) groups excluding carboxylic acids is 1. The summed E-state index contributed by atoms with van der Waals surface area (Å²) in [6.45, 7) is 0. The average molecular weight is 435 g/mol. The Hall–Kier alpha value is -3.87. The summed E-state index contributed by atoms with van der Waals surface area (Å²) in [6, 6.07) is 17.7. The highest BCUT2D eigenvalue weighted by atomic mass is 16.5. The number of ether oxygens (including phenoxy) is 4. The zero-order valence-corrected chi connectivity index (χ0v) is 18.4. The molecule has 0 radical (unpaired) electrons. The molecule has 3 aromatic rings. The van der Waals surface area contributed by atoms with Crippen LogP contribution in [0.25, 0.3) is 0 Å². The predicted octanol–water partition coefficient (Wildman–Crippen LogP) is 4.30. The summed E-state index contributed by atoms with van der Waals surface area (Å²) >= 11 is 0. The predicted molar refractivity (Wildman–Crippen MR) is 120 cm³/mol. The van der Waals surface area contributed by atoms with Crippen molar-refractivity contribution >= 4 is 11.6 Å². The van der Waals surface area contributed by atoms with E-state index < -0.39 is 5.92 Å². The van der Waals surface area contributed by atoms with Crippen LogP contribution in [0.15, 0.2) is 60.7 Å². The maximum Gasteiger partial charge on any atom is 0.237 e. The molecule has 0 aliphatic carbocycles. The Bertz CT molecular complexity index is 1090. The first-order valence-corrected chi connectivity index (χ1v) is 10.1. The van der Waals surface area contributed by atoms with E-state index in [4.69, 9.17) is 18.9 Å². The minimum absolute atomic E-state index is 0.0641. The standard InChI is InChI=1S/C25H25NO6/c1-29-19-11-7-16(8-12-19)23-22(15-5-9-18(27)10-6-15)25(28)26(23)17-13-20(30-2)24(32-4)21(14-17)31-3/h5-14,22-23,27H,1-4H3. The van der Waals surface area contributed by atoms with Gasteiger partial charge in [0.05, 0.1) is 46.1 Å². The molecule has 7 nitrogen and oxygen atoms in total. The summed E-state index contributed by atoms with van der Waals surface area (Å²) in [5, 5.41) is 9.68. The van der Waals surface area contributed by atoms with Gasteiger partial charge < -0.3 is 29.0 Å². The van der Waals surface area contributed by atoms with Crippen molar-refractivity contribution in [2.24, 2.45) is 0 Å². The first kappa shape index (κ1) is 21.4. The Morgan fingerprint density at radius 2 is 1.31 bits per heavy atom. The molecule has 0 aromatic heterocycles. The lowest BCUT2D eigenvalue weighted by atomic mass is 9.77. The van der Waals surface area contributed by atoms with E-state index >= 15 is 0 Å². The molecule has 1 N–H and O–H groups in total. The first-order chi connectivity index (χ1) is 15.5. The monoisotopic (exact) mass is 435 g/mol. The SMILES string of the molecule is COc1ccc(C2C(c3ccc(O)cc3)C(=O)N2c2cc(OC)c(OC)c(OC)c2)cc1. The Kier molecular flexibility index (Phi) is 5.81. The van der Waals surface area contributed by atoms with E-state index in [-0.39, 0.29) is 17.7 Å². The topological polar surface area (TPSA) is 77.5 Å². The third-order valence-electron chi connectivity index (χ3n) is 5.73. The van der Waals surface area contributed by atoms with E-state index in [1.165, 1.54) is 7.11 Å². The Labute approximate surface area is 186 Å². The largest absolute Gasteiger partial charge is 0.508 e. The second-order valence-corrected chi connectivity index (χ2v) is 7.38. The van der Waals surface area contributed by atoms with Crippen LogP contribution < -0.4 is 23.8 Å². The molecule has 1 aliphatic rings. The normalized spacial score (nSPS) is 17.5. The molecule has 0 spiro atoms. The van der Waals surface area contributed by atoms with Gasteiger partial charge in [0, 0.05) is 12.1 Å². The van der Waals surface area contributed by atoms with E-state index in [9.17, 15) is 9.90 Å². The molecule has 4 rings (SSSR count). The molecule has 3 aromatic carbocycles. The molecule has 1 aliphatic heterocycles. The maximum atomic E-state index is 13.4. The van der Waals surface area contributed by atoms with Gasteiger partial charge in [-0.05, 0) is 35.4 Å². The van der Waals surface area contributed by atoms with Gasteiger partial charge in [-0.15, -0.1) is 0 Å². The van der Waals surface area contributed by atoms with E-state index in [1.54, 1.807) is 62.6 Å². The molecule has 0 bridgehead atoms. The number of hydrogen-bond acceptors (Lipinski definition) is 6. The second-order valence-electron chi connectivity index (χ2n) is 7.38. The van der Waals surface area contributed by atoms with E-state index in [2.05, 4.69) is 0 Å². The number of phenols is 1. The van der Waals surface area contributed by atoms with Gasteiger partial charge in [-0.3, -0.25) is 4.79 Å². The maximum absolute atomic E-state index is 13.4. The molecule has 2 unspecified atom stereocenters. The molecular weight excluding hydrogens is 410 g/mol. The van der Waals surface area contributed by atoms with Crippen molar-refractivity contribution < 1.29 is 28.8 Å². The molecule has 1 heterocycles. The molecule has 2 atom stereocenters. The van der Waals surface area contributed by atoms with Crippen LogP contribution in [0.2, 0.25) is 0 Å². The van der Waals surface area contributed by atoms with E-state index in [1.807, 2.05) is 24.3 Å². The zero-order chi connectivity index (χ0) is 22.8. The number of β-lactam (4-membered cyclic amide) rings is 1. The number of methoxy groups -OCH3 is 4. The van der Waals surface area contributed by atoms with Crippen LogP contribution in [0, 0.1) is 0 Å². The summed E-state index contributed by atoms with van der Waals surface area (Å²) in [4.78, 5) is 15.2. The minimum atomic E-state index is -0.400. The lowest BCUT2D eigenvalue weighted by Crippen LogP contribution is -2.53. The summed E-state index contributed by atoms with van der Waals surface area (Å²) in [5.41, 5.74) is 2.43. The molecule has 7 heteroatoms. The highest BCUT2D eigenvalue weighted by molar-refractivity contribution is 6.07. The van der Waals surface area contributed by atoms with Gasteiger partial charge in [-0.2, -0.15) is 0 Å². The lowest BCUT2D eigenvalue weighted by Gasteiger charge is -2.48. The number of phenolic OH excluding ortho intramolecular Hbond substituents is 1. The summed E-state index contributed by atoms with van der Waals surface area (Å²) < 4.78 is 21.7. The molecule has 1 fully saturated rings. The number of benzene rings is 3. The van der Waals surface area contributed by atoms with Crippen molar-refractivity contribution in [3.63, 3.8) is 0 Å². The van der Waals surface area contributed by atoms with Crippen molar-refractivity contribution in [1.29, 1.82) is 0 Å². The van der Waals surface area contributed by atoms with Gasteiger partial charge in [0.25, 0.3) is 0 Å². The van der Waals surface area contributed by atoms with Crippen LogP contribution in [-0.4, -0.2) is 39.5 Å². The van der Waals surface area contributed by atoms with E-state index in [0.717, 1.165) is 16.9 Å². The van der Waals surface area contributed by atoms with Crippen LogP contribution in [0.5, 0.6) is 28.7 Å². The summed E-state index contributed by atoms with van der Waals surface area (Å²) in [7, 11) is 6.23. The van der Waals surface area contributed by atoms with Crippen LogP contribution in [-0.2, 0) is 4.79 Å². The quantitative estimate of drug-likeness (QED) is 0.558. The van der Waals surface area contributed by atoms with Gasteiger partial charge in [-0.1, -0.05) is 24.3 Å². The fourth-order valence-corrected chi connectivity index (χ4v) is 4.13. The smallest absolute Gasteiger partial charge is 0.237 e. The van der Waals surface area contributed by atoms with Crippen LogP contribution >= 0.6 is 0 Å². The van der Waals surface area contributed by atoms with Gasteiger partial charge in [-0.25, -0.2) is 0 Å². The van der Waals surface area contributed by atoms with Crippen molar-refractivity contribution in [3.05, 3.63) is 71.8 Å². The number of aromatic hydroxyl groups is 1. The van der Waals surface area contributed by atoms with Gasteiger partial charge >= 0.3 is 0 Å². The molecule has 166 valence electrons. The molecule has 32 heavy (non-hydrogen) atoms. The van der Waals surface area contributed by atoms with Gasteiger partial charge in [0.2, 0.25) is 11.7 Å². The van der Waals surface area contributed by atoms with Crippen LogP contribution in [0.3, 0.4) is 0 Å². The number of nitrogens with zero attached hydrogens (tertiary/aromatic N) is 1. The number of anilines is 1. The number of amides is 1. The Morgan fingerprint density at radius 1 is 0.750 bits per heavy atom. The lowest BCUT2D eigenvalue weighted by molar-refractivity contribution is -0.126. The van der Waals surface area contributed by atoms with Crippen LogP contribution in [0.1, 0.15) is 23.1 Å². The second kappa shape index (κ2) is 8.70. The molecule has 1 saturated heterocycles.